The Morgan fingerprint density at radius 1 is 1.43 bits per heavy atom. The number of sulfonamides is 1. The molecule has 118 valence electrons. The molecule has 8 heteroatoms. The molecule has 0 saturated carbocycles. The van der Waals surface area contributed by atoms with Crippen molar-refractivity contribution < 1.29 is 13.5 Å². The quantitative estimate of drug-likeness (QED) is 0.848. The lowest BCUT2D eigenvalue weighted by Crippen LogP contribution is -2.38. The van der Waals surface area contributed by atoms with Crippen LogP contribution in [0.15, 0.2) is 17.0 Å². The summed E-state index contributed by atoms with van der Waals surface area (Å²) in [7, 11) is -1.79. The van der Waals surface area contributed by atoms with Crippen molar-refractivity contribution >= 4 is 33.2 Å². The van der Waals surface area contributed by atoms with Crippen LogP contribution in [0.4, 0.5) is 0 Å². The molecule has 21 heavy (non-hydrogen) atoms. The molecule has 1 fully saturated rings. The molecule has 1 saturated heterocycles. The van der Waals surface area contributed by atoms with Gasteiger partial charge in [0.05, 0.1) is 11.6 Å². The van der Waals surface area contributed by atoms with Gasteiger partial charge in [0.1, 0.15) is 4.90 Å². The molecule has 0 amide bonds. The number of hydrogen-bond donors (Lipinski definition) is 2. The zero-order chi connectivity index (χ0) is 15.6. The molecule has 1 unspecified atom stereocenters. The molecule has 1 aromatic rings. The molecule has 1 atom stereocenters. The number of nitrogens with one attached hydrogen (secondary N) is 1. The van der Waals surface area contributed by atoms with Gasteiger partial charge in [-0.2, -0.15) is 0 Å². The van der Waals surface area contributed by atoms with Crippen molar-refractivity contribution in [3.63, 3.8) is 0 Å². The molecule has 1 heterocycles. The smallest absolute Gasteiger partial charge is 0.242 e. The second-order valence-electron chi connectivity index (χ2n) is 5.16. The fourth-order valence-electron chi connectivity index (χ4n) is 2.45. The Kier molecular flexibility index (Phi) is 5.51. The minimum Gasteiger partial charge on any atom is -0.392 e. The second-order valence-corrected chi connectivity index (χ2v) is 7.71. The van der Waals surface area contributed by atoms with Gasteiger partial charge in [-0.1, -0.05) is 23.2 Å². The lowest BCUT2D eigenvalue weighted by atomic mass is 10.2. The van der Waals surface area contributed by atoms with E-state index in [2.05, 4.69) is 9.62 Å². The molecule has 1 aliphatic rings. The number of nitrogens with zero attached hydrogens (tertiary/aromatic N) is 1. The van der Waals surface area contributed by atoms with Crippen molar-refractivity contribution in [2.75, 3.05) is 20.1 Å². The van der Waals surface area contributed by atoms with E-state index in [4.69, 9.17) is 23.2 Å². The summed E-state index contributed by atoms with van der Waals surface area (Å²) < 4.78 is 27.3. The number of hydrogen-bond acceptors (Lipinski definition) is 4. The molecule has 1 aliphatic heterocycles. The maximum absolute atomic E-state index is 12.4. The molecule has 0 spiro atoms. The van der Waals surface area contributed by atoms with Crippen LogP contribution in [0.5, 0.6) is 0 Å². The van der Waals surface area contributed by atoms with Gasteiger partial charge in [0.2, 0.25) is 10.0 Å². The Hall–Kier alpha value is -0.370. The van der Waals surface area contributed by atoms with Crippen LogP contribution < -0.4 is 4.72 Å². The fourth-order valence-corrected chi connectivity index (χ4v) is 4.45. The predicted octanol–water partition coefficient (Wildman–Crippen LogP) is 1.86. The van der Waals surface area contributed by atoms with Crippen LogP contribution in [0.1, 0.15) is 18.4 Å². The van der Waals surface area contributed by atoms with Crippen LogP contribution in [0.3, 0.4) is 0 Å². The topological polar surface area (TPSA) is 69.6 Å². The van der Waals surface area contributed by atoms with Crippen LogP contribution in [-0.2, 0) is 16.6 Å². The summed E-state index contributed by atoms with van der Waals surface area (Å²) in [5.74, 6) is 0. The maximum Gasteiger partial charge on any atom is 0.242 e. The zero-order valence-electron chi connectivity index (χ0n) is 11.6. The van der Waals surface area contributed by atoms with Crippen LogP contribution >= 0.6 is 23.2 Å². The Morgan fingerprint density at radius 3 is 2.71 bits per heavy atom. The number of likely N-dealkylation sites (N-methyl/N-ethyl adjacent to an activating group) is 1. The summed E-state index contributed by atoms with van der Waals surface area (Å²) in [6.07, 6.45) is 2.03. The first-order valence-corrected chi connectivity index (χ1v) is 8.87. The normalized spacial score (nSPS) is 20.1. The molecule has 0 radical (unpaired) electrons. The van der Waals surface area contributed by atoms with E-state index < -0.39 is 10.0 Å². The van der Waals surface area contributed by atoms with Crippen molar-refractivity contribution in [2.24, 2.45) is 0 Å². The van der Waals surface area contributed by atoms with E-state index >= 15 is 0 Å². The number of aliphatic hydroxyl groups is 1. The van der Waals surface area contributed by atoms with Crippen LogP contribution in [-0.4, -0.2) is 44.6 Å². The van der Waals surface area contributed by atoms with E-state index in [1.807, 2.05) is 7.05 Å². The van der Waals surface area contributed by atoms with E-state index in [0.29, 0.717) is 12.1 Å². The van der Waals surface area contributed by atoms with Gasteiger partial charge in [0, 0.05) is 17.6 Å². The van der Waals surface area contributed by atoms with E-state index in [0.717, 1.165) is 19.4 Å². The minimum absolute atomic E-state index is 0.00850. The highest BCUT2D eigenvalue weighted by molar-refractivity contribution is 7.89. The average molecular weight is 353 g/mol. The number of rotatable bonds is 5. The second kappa shape index (κ2) is 6.81. The first-order chi connectivity index (χ1) is 9.85. The van der Waals surface area contributed by atoms with E-state index in [9.17, 15) is 13.5 Å². The summed E-state index contributed by atoms with van der Waals surface area (Å²) in [5, 5.41) is 9.44. The summed E-state index contributed by atoms with van der Waals surface area (Å²) in [6, 6.07) is 2.94. The van der Waals surface area contributed by atoms with Crippen molar-refractivity contribution in [2.45, 2.75) is 30.4 Å². The zero-order valence-corrected chi connectivity index (χ0v) is 14.0. The highest BCUT2D eigenvalue weighted by atomic mass is 35.5. The SMILES string of the molecule is CN1CCCC1CNS(=O)(=O)c1cc(Cl)cc(CO)c1Cl. The van der Waals surface area contributed by atoms with E-state index in [1.165, 1.54) is 12.1 Å². The fraction of sp³-hybridized carbons (Fsp3) is 0.538. The van der Waals surface area contributed by atoms with Gasteiger partial charge in [0.25, 0.3) is 0 Å². The lowest BCUT2D eigenvalue weighted by Gasteiger charge is -2.20. The summed E-state index contributed by atoms with van der Waals surface area (Å²) in [4.78, 5) is 2.03. The molecular formula is C13H18Cl2N2O3S. The Balaban J connectivity index is 2.21. The third-order valence-corrected chi connectivity index (χ3v) is 5.94. The number of likely N-dealkylation sites (tertiary alicyclic amines) is 1. The van der Waals surface area contributed by atoms with Crippen molar-refractivity contribution in [1.29, 1.82) is 0 Å². The monoisotopic (exact) mass is 352 g/mol. The van der Waals surface area contributed by atoms with Crippen LogP contribution in [0, 0.1) is 0 Å². The van der Waals surface area contributed by atoms with Crippen LogP contribution in [0.25, 0.3) is 0 Å². The summed E-state index contributed by atoms with van der Waals surface area (Å²) >= 11 is 11.9. The van der Waals surface area contributed by atoms with Gasteiger partial charge in [-0.05, 0) is 44.1 Å². The molecule has 1 aromatic carbocycles. The maximum atomic E-state index is 12.4. The average Bonchev–Trinajstić information content (AvgIpc) is 2.84. The highest BCUT2D eigenvalue weighted by Gasteiger charge is 2.25. The standard InChI is InChI=1S/C13H18Cl2N2O3S/c1-17-4-2-3-11(17)7-16-21(19,20)12-6-10(14)5-9(8-18)13(12)15/h5-6,11,16,18H,2-4,7-8H2,1H3. The Morgan fingerprint density at radius 2 is 2.14 bits per heavy atom. The molecular weight excluding hydrogens is 335 g/mol. The number of aliphatic hydroxyl groups excluding tert-OH is 1. The molecule has 5 nitrogen and oxygen atoms in total. The number of halogens is 2. The molecule has 0 aliphatic carbocycles. The first-order valence-electron chi connectivity index (χ1n) is 6.64. The Bertz CT molecular complexity index is 622. The first kappa shape index (κ1) is 17.0. The van der Waals surface area contributed by atoms with Gasteiger partial charge in [0.15, 0.2) is 0 Å². The largest absolute Gasteiger partial charge is 0.392 e. The number of benzene rings is 1. The molecule has 0 aromatic heterocycles. The van der Waals surface area contributed by atoms with Gasteiger partial charge in [-0.25, -0.2) is 13.1 Å². The van der Waals surface area contributed by atoms with Crippen LogP contribution in [0.2, 0.25) is 10.0 Å². The van der Waals surface area contributed by atoms with Crippen molar-refractivity contribution in [3.05, 3.63) is 27.7 Å². The van der Waals surface area contributed by atoms with E-state index in [-0.39, 0.29) is 27.6 Å². The third kappa shape index (κ3) is 3.88. The predicted molar refractivity (Wildman–Crippen MR) is 83.2 cm³/mol. The Labute approximate surface area is 134 Å². The molecule has 2 N–H and O–H groups in total. The third-order valence-electron chi connectivity index (χ3n) is 3.72. The van der Waals surface area contributed by atoms with Gasteiger partial charge < -0.3 is 10.0 Å². The van der Waals surface area contributed by atoms with Gasteiger partial charge >= 0.3 is 0 Å². The molecule has 2 rings (SSSR count). The van der Waals surface area contributed by atoms with E-state index in [1.54, 1.807) is 0 Å². The van der Waals surface area contributed by atoms with Gasteiger partial charge in [-0.15, -0.1) is 0 Å². The summed E-state index contributed by atoms with van der Waals surface area (Å²) in [5.41, 5.74) is 0.294. The van der Waals surface area contributed by atoms with Crippen molar-refractivity contribution in [1.82, 2.24) is 9.62 Å². The van der Waals surface area contributed by atoms with Gasteiger partial charge in [-0.3, -0.25) is 0 Å². The highest BCUT2D eigenvalue weighted by Crippen LogP contribution is 2.29. The lowest BCUT2D eigenvalue weighted by molar-refractivity contribution is 0.281. The van der Waals surface area contributed by atoms with Crippen molar-refractivity contribution in [3.8, 4) is 0 Å². The minimum atomic E-state index is -3.76. The molecule has 0 bridgehead atoms. The summed E-state index contributed by atoms with van der Waals surface area (Å²) in [6.45, 7) is 0.933.